The number of phenolic OH excluding ortho intramolecular Hbond substituents is 1. The summed E-state index contributed by atoms with van der Waals surface area (Å²) in [4.78, 5) is 2.35. The fourth-order valence-corrected chi connectivity index (χ4v) is 2.95. The molecule has 1 saturated heterocycles. The molecule has 0 aliphatic carbocycles. The minimum Gasteiger partial charge on any atom is -0.508 e. The Balaban J connectivity index is 1.99. The molecular weight excluding hydrogens is 244 g/mol. The predicted octanol–water partition coefficient (Wildman–Crippen LogP) is 0.794. The lowest BCUT2D eigenvalue weighted by molar-refractivity contribution is 0.00130. The Labute approximate surface area is 112 Å². The molecule has 3 N–H and O–H groups in total. The number of ether oxygens (including phenoxy) is 2. The summed E-state index contributed by atoms with van der Waals surface area (Å²) in [5.41, 5.74) is 8.12. The Morgan fingerprint density at radius 1 is 1.32 bits per heavy atom. The van der Waals surface area contributed by atoms with E-state index in [4.69, 9.17) is 15.2 Å². The second-order valence-corrected chi connectivity index (χ2v) is 5.20. The average Bonchev–Trinajstić information content (AvgIpc) is 2.44. The van der Waals surface area contributed by atoms with E-state index in [0.717, 1.165) is 43.2 Å². The van der Waals surface area contributed by atoms with Crippen LogP contribution in [-0.2, 0) is 4.74 Å². The van der Waals surface area contributed by atoms with Crippen molar-refractivity contribution in [3.63, 3.8) is 0 Å². The fraction of sp³-hybridized carbons (Fsp3) is 0.571. The number of phenols is 1. The molecule has 2 aliphatic heterocycles. The number of benzene rings is 1. The molecule has 2 unspecified atom stereocenters. The van der Waals surface area contributed by atoms with Gasteiger partial charge in [-0.25, -0.2) is 0 Å². The minimum absolute atomic E-state index is 0.0467. The standard InChI is InChI=1S/C14H20N2O3/c1-9-12(17)3-2-10-13(11(15)8-19-14(9)10)16-4-6-18-7-5-16/h2-3,11,13,17H,4-8,15H2,1H3. The van der Waals surface area contributed by atoms with Gasteiger partial charge in [0.1, 0.15) is 18.1 Å². The number of fused-ring (bicyclic) bond motifs is 1. The zero-order valence-electron chi connectivity index (χ0n) is 11.1. The van der Waals surface area contributed by atoms with Crippen molar-refractivity contribution >= 4 is 0 Å². The van der Waals surface area contributed by atoms with Crippen LogP contribution in [-0.4, -0.2) is 49.0 Å². The van der Waals surface area contributed by atoms with Gasteiger partial charge in [0, 0.05) is 24.2 Å². The Kier molecular flexibility index (Phi) is 3.35. The van der Waals surface area contributed by atoms with Crippen molar-refractivity contribution in [2.45, 2.75) is 19.0 Å². The molecule has 0 amide bonds. The van der Waals surface area contributed by atoms with Gasteiger partial charge >= 0.3 is 0 Å². The number of rotatable bonds is 1. The van der Waals surface area contributed by atoms with Gasteiger partial charge in [0.15, 0.2) is 0 Å². The van der Waals surface area contributed by atoms with E-state index in [0.29, 0.717) is 6.61 Å². The summed E-state index contributed by atoms with van der Waals surface area (Å²) in [7, 11) is 0. The van der Waals surface area contributed by atoms with E-state index in [-0.39, 0.29) is 17.8 Å². The number of aromatic hydroxyl groups is 1. The van der Waals surface area contributed by atoms with Gasteiger partial charge in [0.2, 0.25) is 0 Å². The van der Waals surface area contributed by atoms with Crippen LogP contribution in [0.15, 0.2) is 12.1 Å². The second kappa shape index (κ2) is 5.00. The summed E-state index contributed by atoms with van der Waals surface area (Å²) in [5.74, 6) is 1.06. The van der Waals surface area contributed by atoms with Gasteiger partial charge in [0.05, 0.1) is 25.3 Å². The van der Waals surface area contributed by atoms with Crippen LogP contribution in [0.3, 0.4) is 0 Å². The van der Waals surface area contributed by atoms with Crippen LogP contribution in [0.4, 0.5) is 0 Å². The maximum atomic E-state index is 9.79. The van der Waals surface area contributed by atoms with Gasteiger partial charge < -0.3 is 20.3 Å². The number of morpholine rings is 1. The van der Waals surface area contributed by atoms with Crippen LogP contribution in [0.5, 0.6) is 11.5 Å². The smallest absolute Gasteiger partial charge is 0.130 e. The van der Waals surface area contributed by atoms with Crippen LogP contribution in [0, 0.1) is 6.92 Å². The van der Waals surface area contributed by atoms with Crippen molar-refractivity contribution in [2.24, 2.45) is 5.73 Å². The first-order valence-electron chi connectivity index (χ1n) is 6.71. The molecule has 2 aliphatic rings. The quantitative estimate of drug-likeness (QED) is 0.785. The van der Waals surface area contributed by atoms with Crippen molar-refractivity contribution < 1.29 is 14.6 Å². The normalized spacial score (nSPS) is 27.7. The average molecular weight is 264 g/mol. The fourth-order valence-electron chi connectivity index (χ4n) is 2.95. The molecule has 1 aromatic carbocycles. The lowest BCUT2D eigenvalue weighted by Crippen LogP contribution is -2.50. The van der Waals surface area contributed by atoms with Crippen molar-refractivity contribution in [3.05, 3.63) is 23.3 Å². The zero-order chi connectivity index (χ0) is 13.4. The molecule has 1 aromatic rings. The molecule has 0 saturated carbocycles. The van der Waals surface area contributed by atoms with Crippen molar-refractivity contribution in [3.8, 4) is 11.5 Å². The Bertz CT molecular complexity index is 472. The van der Waals surface area contributed by atoms with Crippen LogP contribution < -0.4 is 10.5 Å². The summed E-state index contributed by atoms with van der Waals surface area (Å²) in [6.45, 7) is 5.63. The van der Waals surface area contributed by atoms with Crippen LogP contribution in [0.1, 0.15) is 17.2 Å². The Morgan fingerprint density at radius 2 is 2.05 bits per heavy atom. The summed E-state index contributed by atoms with van der Waals surface area (Å²) in [6.07, 6.45) is 0. The number of hydrogen-bond acceptors (Lipinski definition) is 5. The molecule has 0 radical (unpaired) electrons. The van der Waals surface area contributed by atoms with Gasteiger partial charge in [0.25, 0.3) is 0 Å². The van der Waals surface area contributed by atoms with E-state index in [1.807, 2.05) is 13.0 Å². The lowest BCUT2D eigenvalue weighted by atomic mass is 9.93. The third kappa shape index (κ3) is 2.18. The Morgan fingerprint density at radius 3 is 2.79 bits per heavy atom. The highest BCUT2D eigenvalue weighted by Gasteiger charge is 2.35. The first-order valence-corrected chi connectivity index (χ1v) is 6.71. The summed E-state index contributed by atoms with van der Waals surface area (Å²) in [5, 5.41) is 9.79. The number of nitrogens with zero attached hydrogens (tertiary/aromatic N) is 1. The molecule has 19 heavy (non-hydrogen) atoms. The molecule has 2 atom stereocenters. The van der Waals surface area contributed by atoms with Crippen LogP contribution in [0.25, 0.3) is 0 Å². The molecule has 104 valence electrons. The molecule has 3 rings (SSSR count). The minimum atomic E-state index is -0.0467. The van der Waals surface area contributed by atoms with E-state index in [2.05, 4.69) is 4.90 Å². The van der Waals surface area contributed by atoms with Crippen LogP contribution in [0.2, 0.25) is 0 Å². The molecule has 5 nitrogen and oxygen atoms in total. The van der Waals surface area contributed by atoms with Gasteiger partial charge in [-0.3, -0.25) is 4.90 Å². The van der Waals surface area contributed by atoms with Gasteiger partial charge in [-0.05, 0) is 19.1 Å². The molecule has 2 heterocycles. The van der Waals surface area contributed by atoms with E-state index >= 15 is 0 Å². The third-order valence-corrected chi connectivity index (χ3v) is 3.99. The topological polar surface area (TPSA) is 68.0 Å². The van der Waals surface area contributed by atoms with Crippen molar-refractivity contribution in [1.29, 1.82) is 0 Å². The highest BCUT2D eigenvalue weighted by molar-refractivity contribution is 5.51. The van der Waals surface area contributed by atoms with Gasteiger partial charge in [-0.15, -0.1) is 0 Å². The van der Waals surface area contributed by atoms with Gasteiger partial charge in [-0.1, -0.05) is 0 Å². The molecular formula is C14H20N2O3. The van der Waals surface area contributed by atoms with E-state index in [1.165, 1.54) is 0 Å². The Hall–Kier alpha value is -1.30. The second-order valence-electron chi connectivity index (χ2n) is 5.20. The number of nitrogens with two attached hydrogens (primary N) is 1. The third-order valence-electron chi connectivity index (χ3n) is 3.99. The highest BCUT2D eigenvalue weighted by atomic mass is 16.5. The van der Waals surface area contributed by atoms with E-state index < -0.39 is 0 Å². The largest absolute Gasteiger partial charge is 0.508 e. The first kappa shape index (κ1) is 12.7. The van der Waals surface area contributed by atoms with Gasteiger partial charge in [-0.2, -0.15) is 0 Å². The zero-order valence-corrected chi connectivity index (χ0v) is 11.1. The van der Waals surface area contributed by atoms with Crippen molar-refractivity contribution in [2.75, 3.05) is 32.9 Å². The van der Waals surface area contributed by atoms with Crippen molar-refractivity contribution in [1.82, 2.24) is 4.90 Å². The molecule has 5 heteroatoms. The lowest BCUT2D eigenvalue weighted by Gasteiger charge is -2.41. The maximum Gasteiger partial charge on any atom is 0.130 e. The molecule has 1 fully saturated rings. The molecule has 0 aromatic heterocycles. The summed E-state index contributed by atoms with van der Waals surface area (Å²) in [6, 6.07) is 3.75. The van der Waals surface area contributed by atoms with Crippen LogP contribution >= 0.6 is 0 Å². The summed E-state index contributed by atoms with van der Waals surface area (Å²) >= 11 is 0. The molecule has 0 bridgehead atoms. The SMILES string of the molecule is Cc1c(O)ccc2c1OCC(N)C2N1CCOCC1. The maximum absolute atomic E-state index is 9.79. The number of hydrogen-bond donors (Lipinski definition) is 2. The highest BCUT2D eigenvalue weighted by Crippen LogP contribution is 2.40. The molecule has 0 spiro atoms. The first-order chi connectivity index (χ1) is 9.18. The predicted molar refractivity (Wildman–Crippen MR) is 71.4 cm³/mol. The van der Waals surface area contributed by atoms with E-state index in [9.17, 15) is 5.11 Å². The van der Waals surface area contributed by atoms with E-state index in [1.54, 1.807) is 6.07 Å². The monoisotopic (exact) mass is 264 g/mol. The summed E-state index contributed by atoms with van der Waals surface area (Å²) < 4.78 is 11.1.